The second-order valence-corrected chi connectivity index (χ2v) is 10.00. The summed E-state index contributed by atoms with van der Waals surface area (Å²) in [7, 11) is -2.19. The molecule has 0 radical (unpaired) electrons. The fourth-order valence-corrected chi connectivity index (χ4v) is 4.54. The second kappa shape index (κ2) is 9.62. The van der Waals surface area contributed by atoms with E-state index in [1.807, 2.05) is 62.4 Å². The molecule has 0 saturated heterocycles. The van der Waals surface area contributed by atoms with Gasteiger partial charge < -0.3 is 10.3 Å². The number of nitrogens with zero attached hydrogens (tertiary/aromatic N) is 1. The monoisotopic (exact) mass is 474 g/mol. The Kier molecular flexibility index (Phi) is 6.63. The first-order valence-electron chi connectivity index (χ1n) is 10.9. The molecule has 0 unspecified atom stereocenters. The standard InChI is InChI=1S/C26H26N4O3S/c1-17(2)28-26(31)19-11-8-18(9-12-19)10-15-25-29-22-14-13-20(16-23(22)30-25)21-6-4-5-7-24(21)34(32,33)27-3/h4-17,27H,1-3H3,(H,28,31)(H,29,30)/b15-10+. The summed E-state index contributed by atoms with van der Waals surface area (Å²) in [5, 5.41) is 2.87. The second-order valence-electron chi connectivity index (χ2n) is 8.14. The quantitative estimate of drug-likeness (QED) is 0.368. The number of fused-ring (bicyclic) bond motifs is 1. The molecule has 0 aliphatic rings. The highest BCUT2D eigenvalue weighted by atomic mass is 32.2. The Morgan fingerprint density at radius 2 is 1.74 bits per heavy atom. The minimum atomic E-state index is -3.59. The van der Waals surface area contributed by atoms with Crippen LogP contribution in [0, 0.1) is 0 Å². The molecule has 0 saturated carbocycles. The molecule has 0 bridgehead atoms. The fraction of sp³-hybridized carbons (Fsp3) is 0.154. The number of imidazole rings is 1. The van der Waals surface area contributed by atoms with Gasteiger partial charge in [0.25, 0.3) is 5.91 Å². The van der Waals surface area contributed by atoms with E-state index in [-0.39, 0.29) is 16.8 Å². The van der Waals surface area contributed by atoms with Crippen molar-refractivity contribution in [1.82, 2.24) is 20.0 Å². The third-order valence-electron chi connectivity index (χ3n) is 5.28. The lowest BCUT2D eigenvalue weighted by molar-refractivity contribution is 0.0943. The van der Waals surface area contributed by atoms with E-state index < -0.39 is 10.0 Å². The van der Waals surface area contributed by atoms with E-state index in [4.69, 9.17) is 0 Å². The van der Waals surface area contributed by atoms with Gasteiger partial charge >= 0.3 is 0 Å². The number of H-pyrrole nitrogens is 1. The fourth-order valence-electron chi connectivity index (χ4n) is 3.59. The molecule has 8 heteroatoms. The van der Waals surface area contributed by atoms with Crippen molar-refractivity contribution in [1.29, 1.82) is 0 Å². The highest BCUT2D eigenvalue weighted by Crippen LogP contribution is 2.29. The van der Waals surface area contributed by atoms with Gasteiger partial charge in [-0.3, -0.25) is 4.79 Å². The number of aromatic nitrogens is 2. The Balaban J connectivity index is 1.58. The first kappa shape index (κ1) is 23.4. The largest absolute Gasteiger partial charge is 0.350 e. The average molecular weight is 475 g/mol. The zero-order valence-electron chi connectivity index (χ0n) is 19.2. The first-order chi connectivity index (χ1) is 16.3. The van der Waals surface area contributed by atoms with Crippen molar-refractivity contribution in [3.8, 4) is 11.1 Å². The molecule has 34 heavy (non-hydrogen) atoms. The van der Waals surface area contributed by atoms with Gasteiger partial charge in [0.05, 0.1) is 15.9 Å². The van der Waals surface area contributed by atoms with Gasteiger partial charge in [-0.1, -0.05) is 42.5 Å². The molecule has 3 N–H and O–H groups in total. The molecule has 0 aliphatic carbocycles. The summed E-state index contributed by atoms with van der Waals surface area (Å²) in [6.07, 6.45) is 3.78. The van der Waals surface area contributed by atoms with Crippen LogP contribution in [-0.2, 0) is 10.0 Å². The molecule has 7 nitrogen and oxygen atoms in total. The summed E-state index contributed by atoms with van der Waals surface area (Å²) in [5.74, 6) is 0.576. The molecule has 1 aromatic heterocycles. The summed E-state index contributed by atoms with van der Waals surface area (Å²) in [5.41, 5.74) is 4.52. The van der Waals surface area contributed by atoms with Gasteiger partial charge in [0.15, 0.2) is 0 Å². The minimum absolute atomic E-state index is 0.0851. The zero-order valence-corrected chi connectivity index (χ0v) is 20.0. The SMILES string of the molecule is CNS(=O)(=O)c1ccccc1-c1ccc2nc(/C=C/c3ccc(C(=O)NC(C)C)cc3)[nH]c2c1. The molecule has 0 spiro atoms. The lowest BCUT2D eigenvalue weighted by atomic mass is 10.1. The topological polar surface area (TPSA) is 104 Å². The van der Waals surface area contributed by atoms with Crippen molar-refractivity contribution in [3.63, 3.8) is 0 Å². The third kappa shape index (κ3) is 5.08. The number of carbonyl (C=O) groups is 1. The van der Waals surface area contributed by atoms with Crippen molar-refractivity contribution in [2.24, 2.45) is 0 Å². The maximum absolute atomic E-state index is 12.4. The van der Waals surface area contributed by atoms with Crippen LogP contribution in [0.4, 0.5) is 0 Å². The van der Waals surface area contributed by atoms with Crippen LogP contribution in [0.1, 0.15) is 35.6 Å². The van der Waals surface area contributed by atoms with Gasteiger partial charge in [0.1, 0.15) is 5.82 Å². The minimum Gasteiger partial charge on any atom is -0.350 e. The Labute approximate surface area is 199 Å². The van der Waals surface area contributed by atoms with Crippen LogP contribution in [0.25, 0.3) is 34.3 Å². The normalized spacial score (nSPS) is 12.0. The molecule has 4 aromatic rings. The predicted molar refractivity (Wildman–Crippen MR) is 136 cm³/mol. The molecule has 1 amide bonds. The molecule has 1 heterocycles. The molecular formula is C26H26N4O3S. The maximum Gasteiger partial charge on any atom is 0.251 e. The summed E-state index contributed by atoms with van der Waals surface area (Å²) in [4.78, 5) is 20.2. The summed E-state index contributed by atoms with van der Waals surface area (Å²) in [6.45, 7) is 3.85. The summed E-state index contributed by atoms with van der Waals surface area (Å²) in [6, 6.07) is 19.9. The van der Waals surface area contributed by atoms with E-state index >= 15 is 0 Å². The number of benzene rings is 3. The predicted octanol–water partition coefficient (Wildman–Crippen LogP) is 4.45. The van der Waals surface area contributed by atoms with Gasteiger partial charge in [-0.05, 0) is 68.4 Å². The number of nitrogens with one attached hydrogen (secondary N) is 3. The van der Waals surface area contributed by atoms with E-state index in [1.165, 1.54) is 7.05 Å². The molecule has 174 valence electrons. The molecule has 3 aromatic carbocycles. The molecular weight excluding hydrogens is 448 g/mol. The summed E-state index contributed by atoms with van der Waals surface area (Å²) < 4.78 is 27.2. The van der Waals surface area contributed by atoms with E-state index in [0.29, 0.717) is 17.0 Å². The number of sulfonamides is 1. The van der Waals surface area contributed by atoms with E-state index in [9.17, 15) is 13.2 Å². The van der Waals surface area contributed by atoms with Crippen molar-refractivity contribution >= 4 is 39.1 Å². The highest BCUT2D eigenvalue weighted by molar-refractivity contribution is 7.89. The van der Waals surface area contributed by atoms with Gasteiger partial charge in [0.2, 0.25) is 10.0 Å². The molecule has 0 aliphatic heterocycles. The van der Waals surface area contributed by atoms with E-state index in [1.54, 1.807) is 30.3 Å². The number of carbonyl (C=O) groups excluding carboxylic acids is 1. The van der Waals surface area contributed by atoms with Crippen molar-refractivity contribution in [2.75, 3.05) is 7.05 Å². The first-order valence-corrected chi connectivity index (χ1v) is 12.4. The highest BCUT2D eigenvalue weighted by Gasteiger charge is 2.17. The lowest BCUT2D eigenvalue weighted by Gasteiger charge is -2.09. The van der Waals surface area contributed by atoms with Gasteiger partial charge in [0, 0.05) is 17.2 Å². The maximum atomic E-state index is 12.4. The van der Waals surface area contributed by atoms with Crippen LogP contribution in [0.5, 0.6) is 0 Å². The van der Waals surface area contributed by atoms with Crippen molar-refractivity contribution in [2.45, 2.75) is 24.8 Å². The molecule has 4 rings (SSSR count). The molecule has 0 fully saturated rings. The lowest BCUT2D eigenvalue weighted by Crippen LogP contribution is -2.29. The van der Waals surface area contributed by atoms with Crippen LogP contribution in [0.15, 0.2) is 71.6 Å². The number of hydrogen-bond donors (Lipinski definition) is 3. The summed E-state index contributed by atoms with van der Waals surface area (Å²) >= 11 is 0. The number of amides is 1. The zero-order chi connectivity index (χ0) is 24.3. The number of rotatable bonds is 7. The Morgan fingerprint density at radius 3 is 2.44 bits per heavy atom. The molecule has 0 atom stereocenters. The van der Waals surface area contributed by atoms with Crippen LogP contribution < -0.4 is 10.0 Å². The van der Waals surface area contributed by atoms with E-state index in [0.717, 1.165) is 22.2 Å². The third-order valence-corrected chi connectivity index (χ3v) is 6.76. The van der Waals surface area contributed by atoms with E-state index in [2.05, 4.69) is 20.0 Å². The van der Waals surface area contributed by atoms with Crippen molar-refractivity contribution < 1.29 is 13.2 Å². The van der Waals surface area contributed by atoms with Crippen LogP contribution in [0.3, 0.4) is 0 Å². The Hall–Kier alpha value is -3.75. The average Bonchev–Trinajstić information content (AvgIpc) is 3.25. The smallest absolute Gasteiger partial charge is 0.251 e. The Morgan fingerprint density at radius 1 is 1.00 bits per heavy atom. The Bertz CT molecular complexity index is 1470. The van der Waals surface area contributed by atoms with Gasteiger partial charge in [-0.15, -0.1) is 0 Å². The van der Waals surface area contributed by atoms with Crippen molar-refractivity contribution in [3.05, 3.63) is 83.7 Å². The van der Waals surface area contributed by atoms with Gasteiger partial charge in [-0.25, -0.2) is 18.1 Å². The van der Waals surface area contributed by atoms with Crippen LogP contribution >= 0.6 is 0 Å². The van der Waals surface area contributed by atoms with Gasteiger partial charge in [-0.2, -0.15) is 0 Å². The van der Waals surface area contributed by atoms with Crippen LogP contribution in [-0.4, -0.2) is 37.4 Å². The number of aromatic amines is 1. The van der Waals surface area contributed by atoms with Crippen LogP contribution in [0.2, 0.25) is 0 Å². The number of hydrogen-bond acceptors (Lipinski definition) is 4.